The van der Waals surface area contributed by atoms with E-state index in [0.29, 0.717) is 10.2 Å². The van der Waals surface area contributed by atoms with Crippen molar-refractivity contribution in [1.29, 1.82) is 0 Å². The van der Waals surface area contributed by atoms with Crippen molar-refractivity contribution in [3.8, 4) is 0 Å². The summed E-state index contributed by atoms with van der Waals surface area (Å²) in [6.07, 6.45) is 0. The number of amides is 2. The number of hydrogen-bond donors (Lipinski definition) is 2. The van der Waals surface area contributed by atoms with Gasteiger partial charge in [0.2, 0.25) is 0 Å². The number of carbonyl (C=O) groups is 3. The zero-order chi connectivity index (χ0) is 13.4. The molecule has 1 aliphatic heterocycles. The largest absolute Gasteiger partial charge is 0.300 e. The zero-order valence-corrected chi connectivity index (χ0v) is 11.0. The van der Waals surface area contributed by atoms with Gasteiger partial charge in [0.1, 0.15) is 6.04 Å². The Morgan fingerprint density at radius 2 is 2.11 bits per heavy atom. The van der Waals surface area contributed by atoms with Gasteiger partial charge < -0.3 is 0 Å². The Bertz CT molecular complexity index is 558. The van der Waals surface area contributed by atoms with Crippen molar-refractivity contribution in [2.75, 3.05) is 4.90 Å². The molecule has 0 saturated carbocycles. The maximum Gasteiger partial charge on any atom is 0.300 e. The Morgan fingerprint density at radius 1 is 1.44 bits per heavy atom. The highest BCUT2D eigenvalue weighted by atomic mass is 79.9. The van der Waals surface area contributed by atoms with Crippen molar-refractivity contribution in [3.05, 3.63) is 28.2 Å². The highest BCUT2D eigenvalue weighted by molar-refractivity contribution is 9.10. The maximum absolute atomic E-state index is 11.9. The number of anilines is 1. The number of hydrogen-bond acceptors (Lipinski definition) is 4. The molecule has 1 heterocycles. The second-order valence-electron chi connectivity index (χ2n) is 3.85. The summed E-state index contributed by atoms with van der Waals surface area (Å²) in [7, 11) is 0. The molecule has 0 saturated heterocycles. The zero-order valence-electron chi connectivity index (χ0n) is 9.44. The van der Waals surface area contributed by atoms with E-state index in [2.05, 4.69) is 15.9 Å². The van der Waals surface area contributed by atoms with Crippen molar-refractivity contribution < 1.29 is 14.4 Å². The Morgan fingerprint density at radius 3 is 2.72 bits per heavy atom. The van der Waals surface area contributed by atoms with Crippen LogP contribution in [0.1, 0.15) is 17.3 Å². The van der Waals surface area contributed by atoms with Crippen molar-refractivity contribution in [2.45, 2.75) is 13.0 Å². The summed E-state index contributed by atoms with van der Waals surface area (Å²) < 4.78 is 0.695. The van der Waals surface area contributed by atoms with E-state index in [9.17, 15) is 14.4 Å². The monoisotopic (exact) mass is 311 g/mol. The summed E-state index contributed by atoms with van der Waals surface area (Å²) in [5.74, 6) is 3.15. The molecule has 1 unspecified atom stereocenters. The summed E-state index contributed by atoms with van der Waals surface area (Å²) in [5.41, 5.74) is 2.67. The van der Waals surface area contributed by atoms with E-state index in [-0.39, 0.29) is 5.56 Å². The Labute approximate surface area is 111 Å². The minimum absolute atomic E-state index is 0.283. The Balaban J connectivity index is 2.49. The third-order valence-electron chi connectivity index (χ3n) is 2.78. The normalized spacial score (nSPS) is 15.6. The fraction of sp³-hybridized carbons (Fsp3) is 0.182. The fourth-order valence-electron chi connectivity index (χ4n) is 1.86. The average molecular weight is 312 g/mol. The fourth-order valence-corrected chi connectivity index (χ4v) is 2.22. The first-order chi connectivity index (χ1) is 8.47. The number of hydrazine groups is 1. The van der Waals surface area contributed by atoms with E-state index in [1.165, 1.54) is 6.92 Å². The molecule has 1 atom stereocenters. The van der Waals surface area contributed by atoms with Crippen LogP contribution in [0.5, 0.6) is 0 Å². The van der Waals surface area contributed by atoms with Crippen LogP contribution in [0.3, 0.4) is 0 Å². The van der Waals surface area contributed by atoms with E-state index < -0.39 is 23.6 Å². The van der Waals surface area contributed by atoms with Crippen LogP contribution in [0.4, 0.5) is 5.69 Å². The lowest BCUT2D eigenvalue weighted by atomic mass is 10.1. The molecule has 0 radical (unpaired) electrons. The van der Waals surface area contributed by atoms with Crippen LogP contribution in [0.2, 0.25) is 0 Å². The van der Waals surface area contributed by atoms with Gasteiger partial charge in [-0.15, -0.1) is 0 Å². The second kappa shape index (κ2) is 4.51. The number of benzene rings is 1. The number of ketones is 1. The summed E-state index contributed by atoms with van der Waals surface area (Å²) in [6, 6.07) is 4.03. The molecule has 1 aromatic carbocycles. The molecule has 0 aliphatic carbocycles. The van der Waals surface area contributed by atoms with Crippen LogP contribution < -0.4 is 16.2 Å². The number of carbonyl (C=O) groups excluding carboxylic acids is 3. The molecule has 0 aromatic heterocycles. The highest BCUT2D eigenvalue weighted by Crippen LogP contribution is 2.32. The first-order valence-corrected chi connectivity index (χ1v) is 5.94. The van der Waals surface area contributed by atoms with Crippen LogP contribution in [-0.2, 0) is 9.59 Å². The Kier molecular flexibility index (Phi) is 3.18. The van der Waals surface area contributed by atoms with E-state index >= 15 is 0 Å². The van der Waals surface area contributed by atoms with E-state index in [0.717, 1.165) is 4.90 Å². The molecule has 3 N–H and O–H groups in total. The summed E-state index contributed by atoms with van der Waals surface area (Å²) >= 11 is 3.23. The standard InChI is InChI=1S/C11H10BrN3O3/c1-5(10(17)14-13)15-8-3-2-6(12)4-7(8)9(16)11(15)18/h2-5H,13H2,1H3,(H,14,17). The number of halogens is 1. The number of Topliss-reactive ketones (excluding diaryl/α,β-unsaturated/α-hetero) is 1. The number of fused-ring (bicyclic) bond motifs is 1. The number of nitrogens with one attached hydrogen (secondary N) is 1. The lowest BCUT2D eigenvalue weighted by molar-refractivity contribution is -0.124. The smallest absolute Gasteiger partial charge is 0.293 e. The molecule has 1 aliphatic rings. The number of nitrogens with two attached hydrogens (primary N) is 1. The minimum Gasteiger partial charge on any atom is -0.293 e. The van der Waals surface area contributed by atoms with E-state index in [1.54, 1.807) is 18.2 Å². The molecule has 0 spiro atoms. The molecular weight excluding hydrogens is 302 g/mol. The second-order valence-corrected chi connectivity index (χ2v) is 4.77. The molecule has 2 amide bonds. The average Bonchev–Trinajstić information content (AvgIpc) is 2.60. The third kappa shape index (κ3) is 1.81. The van der Waals surface area contributed by atoms with Crippen molar-refractivity contribution in [1.82, 2.24) is 5.43 Å². The van der Waals surface area contributed by atoms with Crippen LogP contribution in [0, 0.1) is 0 Å². The maximum atomic E-state index is 11.9. The topological polar surface area (TPSA) is 92.5 Å². The first kappa shape index (κ1) is 12.7. The molecular formula is C11H10BrN3O3. The van der Waals surface area contributed by atoms with Gasteiger partial charge in [0.05, 0.1) is 11.3 Å². The molecule has 2 rings (SSSR count). The minimum atomic E-state index is -0.839. The van der Waals surface area contributed by atoms with Crippen LogP contribution in [-0.4, -0.2) is 23.6 Å². The van der Waals surface area contributed by atoms with Gasteiger partial charge in [0.25, 0.3) is 17.6 Å². The molecule has 18 heavy (non-hydrogen) atoms. The van der Waals surface area contributed by atoms with Gasteiger partial charge in [0, 0.05) is 4.47 Å². The van der Waals surface area contributed by atoms with Crippen molar-refractivity contribution in [2.24, 2.45) is 5.84 Å². The highest BCUT2D eigenvalue weighted by Gasteiger charge is 2.40. The van der Waals surface area contributed by atoms with Gasteiger partial charge in [-0.25, -0.2) is 5.84 Å². The summed E-state index contributed by atoms with van der Waals surface area (Å²) in [4.78, 5) is 36.3. The van der Waals surface area contributed by atoms with Gasteiger partial charge in [0.15, 0.2) is 0 Å². The molecule has 0 bridgehead atoms. The SMILES string of the molecule is CC(C(=O)NN)N1C(=O)C(=O)c2cc(Br)ccc21. The summed E-state index contributed by atoms with van der Waals surface area (Å²) in [5, 5.41) is 0. The van der Waals surface area contributed by atoms with Gasteiger partial charge in [-0.2, -0.15) is 0 Å². The molecule has 94 valence electrons. The first-order valence-electron chi connectivity index (χ1n) is 5.15. The van der Waals surface area contributed by atoms with Gasteiger partial charge >= 0.3 is 0 Å². The molecule has 0 fully saturated rings. The predicted molar refractivity (Wildman–Crippen MR) is 67.8 cm³/mol. The molecule has 6 nitrogen and oxygen atoms in total. The number of nitrogens with zero attached hydrogens (tertiary/aromatic N) is 1. The van der Waals surface area contributed by atoms with Gasteiger partial charge in [-0.05, 0) is 25.1 Å². The van der Waals surface area contributed by atoms with Crippen LogP contribution in [0.15, 0.2) is 22.7 Å². The quantitative estimate of drug-likeness (QED) is 0.357. The van der Waals surface area contributed by atoms with Gasteiger partial charge in [-0.1, -0.05) is 15.9 Å². The lowest BCUT2D eigenvalue weighted by Crippen LogP contribution is -2.49. The van der Waals surface area contributed by atoms with Gasteiger partial charge in [-0.3, -0.25) is 24.7 Å². The van der Waals surface area contributed by atoms with E-state index in [1.807, 2.05) is 5.43 Å². The van der Waals surface area contributed by atoms with Crippen molar-refractivity contribution in [3.63, 3.8) is 0 Å². The Hall–Kier alpha value is -1.73. The van der Waals surface area contributed by atoms with Crippen LogP contribution >= 0.6 is 15.9 Å². The lowest BCUT2D eigenvalue weighted by Gasteiger charge is -2.22. The molecule has 7 heteroatoms. The third-order valence-corrected chi connectivity index (χ3v) is 3.28. The van der Waals surface area contributed by atoms with Crippen LogP contribution in [0.25, 0.3) is 0 Å². The molecule has 1 aromatic rings. The predicted octanol–water partition coefficient (Wildman–Crippen LogP) is 0.357. The number of rotatable bonds is 2. The van der Waals surface area contributed by atoms with Crippen molar-refractivity contribution >= 4 is 39.2 Å². The summed E-state index contributed by atoms with van der Waals surface area (Å²) in [6.45, 7) is 1.50. The van der Waals surface area contributed by atoms with E-state index in [4.69, 9.17) is 5.84 Å².